The molecule has 7 heteroatoms. The molecule has 1 aliphatic carbocycles. The Bertz CT molecular complexity index is 611. The van der Waals surface area contributed by atoms with Crippen LogP contribution < -0.4 is 16.0 Å². The molecule has 0 fully saturated rings. The third-order valence-electron chi connectivity index (χ3n) is 3.69. The molecule has 132 valence electrons. The summed E-state index contributed by atoms with van der Waals surface area (Å²) in [4.78, 5) is 16.2. The van der Waals surface area contributed by atoms with Gasteiger partial charge in [-0.15, -0.1) is 24.0 Å². The van der Waals surface area contributed by atoms with E-state index in [0.717, 1.165) is 34.5 Å². The number of anilines is 1. The number of nitrogens with one attached hydrogen (secondary N) is 3. The molecule has 24 heavy (non-hydrogen) atoms. The highest BCUT2D eigenvalue weighted by atomic mass is 127. The third kappa shape index (κ3) is 6.80. The number of rotatable bonds is 5. The largest absolute Gasteiger partial charge is 0.356 e. The zero-order chi connectivity index (χ0) is 16.7. The van der Waals surface area contributed by atoms with Gasteiger partial charge in [0.05, 0.1) is 0 Å². The standard InChI is InChI=1S/C17H23BrN4O.HI/c1-12-7-8-13(18)11-15(12)22-16(23)9-10-20-17(19-2)21-14-5-3-4-6-14;/h3-4,7-8,11,14H,5-6,9-10H2,1-2H3,(H,22,23)(H2,19,20,21);1H. The van der Waals surface area contributed by atoms with Gasteiger partial charge in [-0.3, -0.25) is 9.79 Å². The molecular weight excluding hydrogens is 483 g/mol. The number of halogens is 2. The number of aliphatic imine (C=N–C) groups is 1. The van der Waals surface area contributed by atoms with Crippen LogP contribution in [0.25, 0.3) is 0 Å². The second-order valence-corrected chi connectivity index (χ2v) is 6.46. The first-order valence-corrected chi connectivity index (χ1v) is 8.56. The van der Waals surface area contributed by atoms with E-state index in [1.165, 1.54) is 0 Å². The highest BCUT2D eigenvalue weighted by Gasteiger charge is 2.12. The van der Waals surface area contributed by atoms with E-state index in [1.807, 2.05) is 25.1 Å². The summed E-state index contributed by atoms with van der Waals surface area (Å²) in [5.41, 5.74) is 1.88. The molecule has 0 saturated carbocycles. The van der Waals surface area contributed by atoms with Crippen LogP contribution in [0.15, 0.2) is 39.8 Å². The Kier molecular flexibility index (Phi) is 9.35. The van der Waals surface area contributed by atoms with Crippen LogP contribution in [-0.2, 0) is 4.79 Å². The number of guanidine groups is 1. The molecule has 0 bridgehead atoms. The van der Waals surface area contributed by atoms with Gasteiger partial charge in [0.15, 0.2) is 5.96 Å². The normalized spacial score (nSPS) is 14.2. The lowest BCUT2D eigenvalue weighted by Gasteiger charge is -2.16. The molecule has 0 heterocycles. The molecule has 0 spiro atoms. The highest BCUT2D eigenvalue weighted by Crippen LogP contribution is 2.20. The smallest absolute Gasteiger partial charge is 0.226 e. The number of nitrogens with zero attached hydrogens (tertiary/aromatic N) is 1. The number of aryl methyl sites for hydroxylation is 1. The van der Waals surface area contributed by atoms with Crippen LogP contribution in [0.3, 0.4) is 0 Å². The van der Waals surface area contributed by atoms with Gasteiger partial charge < -0.3 is 16.0 Å². The van der Waals surface area contributed by atoms with Crippen molar-refractivity contribution >= 4 is 57.5 Å². The fraction of sp³-hybridized carbons (Fsp3) is 0.412. The molecule has 1 aliphatic rings. The van der Waals surface area contributed by atoms with Crippen molar-refractivity contribution in [3.05, 3.63) is 40.4 Å². The van der Waals surface area contributed by atoms with Crippen molar-refractivity contribution < 1.29 is 4.79 Å². The fourth-order valence-corrected chi connectivity index (χ4v) is 2.72. The van der Waals surface area contributed by atoms with Crippen molar-refractivity contribution in [2.45, 2.75) is 32.2 Å². The van der Waals surface area contributed by atoms with E-state index >= 15 is 0 Å². The van der Waals surface area contributed by atoms with Gasteiger partial charge in [0.25, 0.3) is 0 Å². The molecule has 1 aromatic rings. The Hall–Kier alpha value is -1.09. The first-order valence-electron chi connectivity index (χ1n) is 7.76. The van der Waals surface area contributed by atoms with Gasteiger partial charge in [0, 0.05) is 36.2 Å². The minimum Gasteiger partial charge on any atom is -0.356 e. The molecule has 0 atom stereocenters. The van der Waals surface area contributed by atoms with Crippen LogP contribution in [0.5, 0.6) is 0 Å². The monoisotopic (exact) mass is 506 g/mol. The van der Waals surface area contributed by atoms with Crippen molar-refractivity contribution in [2.24, 2.45) is 4.99 Å². The number of carbonyl (C=O) groups is 1. The Balaban J connectivity index is 0.00000288. The van der Waals surface area contributed by atoms with Crippen LogP contribution in [0, 0.1) is 6.92 Å². The van der Waals surface area contributed by atoms with Crippen LogP contribution in [0.1, 0.15) is 24.8 Å². The molecule has 1 amide bonds. The number of hydrogen-bond donors (Lipinski definition) is 3. The number of carbonyl (C=O) groups excluding carboxylic acids is 1. The molecule has 3 N–H and O–H groups in total. The average molecular weight is 507 g/mol. The summed E-state index contributed by atoms with van der Waals surface area (Å²) in [6.07, 6.45) is 6.75. The predicted octanol–water partition coefficient (Wildman–Crippen LogP) is 3.59. The average Bonchev–Trinajstić information content (AvgIpc) is 3.03. The predicted molar refractivity (Wildman–Crippen MR) is 114 cm³/mol. The summed E-state index contributed by atoms with van der Waals surface area (Å²) < 4.78 is 0.950. The van der Waals surface area contributed by atoms with Crippen LogP contribution >= 0.6 is 39.9 Å². The van der Waals surface area contributed by atoms with Gasteiger partial charge in [-0.2, -0.15) is 0 Å². The molecule has 0 aliphatic heterocycles. The Morgan fingerprint density at radius 2 is 2.04 bits per heavy atom. The Morgan fingerprint density at radius 3 is 2.71 bits per heavy atom. The maximum atomic E-state index is 12.1. The first-order chi connectivity index (χ1) is 11.1. The maximum Gasteiger partial charge on any atom is 0.226 e. The van der Waals surface area contributed by atoms with E-state index in [0.29, 0.717) is 19.0 Å². The summed E-state index contributed by atoms with van der Waals surface area (Å²) in [7, 11) is 1.74. The lowest BCUT2D eigenvalue weighted by Crippen LogP contribution is -2.43. The molecule has 2 rings (SSSR count). The van der Waals surface area contributed by atoms with Gasteiger partial charge in [0.2, 0.25) is 5.91 Å². The van der Waals surface area contributed by atoms with Gasteiger partial charge in [-0.05, 0) is 37.5 Å². The summed E-state index contributed by atoms with van der Waals surface area (Å²) in [6.45, 7) is 2.51. The molecule has 0 radical (unpaired) electrons. The number of hydrogen-bond acceptors (Lipinski definition) is 2. The van der Waals surface area contributed by atoms with E-state index in [9.17, 15) is 4.79 Å². The quantitative estimate of drug-likeness (QED) is 0.247. The van der Waals surface area contributed by atoms with Crippen molar-refractivity contribution in [3.63, 3.8) is 0 Å². The second-order valence-electron chi connectivity index (χ2n) is 5.54. The van der Waals surface area contributed by atoms with Gasteiger partial charge >= 0.3 is 0 Å². The van der Waals surface area contributed by atoms with E-state index in [1.54, 1.807) is 7.05 Å². The number of amides is 1. The Labute approximate surface area is 168 Å². The topological polar surface area (TPSA) is 65.5 Å². The van der Waals surface area contributed by atoms with Crippen LogP contribution in [-0.4, -0.2) is 31.5 Å². The highest BCUT2D eigenvalue weighted by molar-refractivity contribution is 14.0. The van der Waals surface area contributed by atoms with Crippen molar-refractivity contribution in [2.75, 3.05) is 18.9 Å². The van der Waals surface area contributed by atoms with Crippen LogP contribution in [0.4, 0.5) is 5.69 Å². The maximum absolute atomic E-state index is 12.1. The second kappa shape index (κ2) is 10.7. The molecule has 0 aromatic heterocycles. The molecule has 1 aromatic carbocycles. The lowest BCUT2D eigenvalue weighted by atomic mass is 10.2. The van der Waals surface area contributed by atoms with Gasteiger partial charge in [-0.1, -0.05) is 34.1 Å². The van der Waals surface area contributed by atoms with Crippen molar-refractivity contribution in [1.82, 2.24) is 10.6 Å². The summed E-state index contributed by atoms with van der Waals surface area (Å²) in [6, 6.07) is 6.24. The van der Waals surface area contributed by atoms with Gasteiger partial charge in [-0.25, -0.2) is 0 Å². The van der Waals surface area contributed by atoms with Gasteiger partial charge in [0.1, 0.15) is 0 Å². The van der Waals surface area contributed by atoms with E-state index in [2.05, 4.69) is 49.0 Å². The van der Waals surface area contributed by atoms with Crippen molar-refractivity contribution in [3.8, 4) is 0 Å². The minimum absolute atomic E-state index is 0. The molecule has 5 nitrogen and oxygen atoms in total. The molecular formula is C17H24BrIN4O. The zero-order valence-corrected chi connectivity index (χ0v) is 17.9. The van der Waals surface area contributed by atoms with E-state index < -0.39 is 0 Å². The molecule has 0 unspecified atom stereocenters. The minimum atomic E-state index is -0.0170. The number of benzene rings is 1. The first kappa shape index (κ1) is 21.0. The van der Waals surface area contributed by atoms with Crippen LogP contribution in [0.2, 0.25) is 0 Å². The summed E-state index contributed by atoms with van der Waals surface area (Å²) >= 11 is 3.42. The zero-order valence-electron chi connectivity index (χ0n) is 13.9. The lowest BCUT2D eigenvalue weighted by molar-refractivity contribution is -0.116. The Morgan fingerprint density at radius 1 is 1.33 bits per heavy atom. The SMILES string of the molecule is CN=C(NCCC(=O)Nc1cc(Br)ccc1C)NC1CC=CC1.I. The summed E-state index contributed by atoms with van der Waals surface area (Å²) in [5, 5.41) is 9.46. The van der Waals surface area contributed by atoms with E-state index in [4.69, 9.17) is 0 Å². The van der Waals surface area contributed by atoms with E-state index in [-0.39, 0.29) is 29.9 Å². The van der Waals surface area contributed by atoms with Crippen molar-refractivity contribution in [1.29, 1.82) is 0 Å². The fourth-order valence-electron chi connectivity index (χ4n) is 2.36. The third-order valence-corrected chi connectivity index (χ3v) is 4.18. The summed E-state index contributed by atoms with van der Waals surface area (Å²) in [5.74, 6) is 0.724. The molecule has 0 saturated heterocycles.